The van der Waals surface area contributed by atoms with Gasteiger partial charge in [-0.15, -0.1) is 0 Å². The number of aliphatic hydroxyl groups is 1. The average molecular weight is 289 g/mol. The van der Waals surface area contributed by atoms with Gasteiger partial charge in [-0.3, -0.25) is 4.90 Å². The molecular weight excluding hydrogens is 262 g/mol. The minimum absolute atomic E-state index is 0.0629. The number of para-hydroxylation sites is 1. The highest BCUT2D eigenvalue weighted by Gasteiger charge is 2.37. The third-order valence-electron chi connectivity index (χ3n) is 5.06. The second kappa shape index (κ2) is 7.28. The van der Waals surface area contributed by atoms with Gasteiger partial charge in [0.1, 0.15) is 5.75 Å². The zero-order valence-electron chi connectivity index (χ0n) is 12.8. The molecule has 0 amide bonds. The summed E-state index contributed by atoms with van der Waals surface area (Å²) >= 11 is 0. The summed E-state index contributed by atoms with van der Waals surface area (Å²) in [6.07, 6.45) is 7.04. The maximum Gasteiger partial charge on any atom is 0.119 e. The van der Waals surface area contributed by atoms with Crippen molar-refractivity contribution in [3.05, 3.63) is 30.3 Å². The molecule has 1 aromatic carbocycles. The fourth-order valence-electron chi connectivity index (χ4n) is 3.97. The topological polar surface area (TPSA) is 32.7 Å². The van der Waals surface area contributed by atoms with Crippen molar-refractivity contribution in [2.75, 3.05) is 19.7 Å². The summed E-state index contributed by atoms with van der Waals surface area (Å²) in [6.45, 7) is 2.93. The predicted molar refractivity (Wildman–Crippen MR) is 84.5 cm³/mol. The quantitative estimate of drug-likeness (QED) is 0.846. The van der Waals surface area contributed by atoms with Crippen LogP contribution in [-0.4, -0.2) is 41.8 Å². The summed E-state index contributed by atoms with van der Waals surface area (Å²) in [5.74, 6) is 1.48. The number of likely N-dealkylation sites (tertiary alicyclic amines) is 1. The first kappa shape index (κ1) is 14.9. The van der Waals surface area contributed by atoms with E-state index in [1.165, 1.54) is 25.7 Å². The molecule has 3 heteroatoms. The van der Waals surface area contributed by atoms with Gasteiger partial charge in [0.25, 0.3) is 0 Å². The number of aliphatic hydroxyl groups excluding tert-OH is 1. The number of ether oxygens (including phenoxy) is 1. The van der Waals surface area contributed by atoms with Crippen LogP contribution in [0.2, 0.25) is 0 Å². The van der Waals surface area contributed by atoms with Crippen LogP contribution < -0.4 is 4.74 Å². The number of rotatable bonds is 5. The van der Waals surface area contributed by atoms with E-state index in [1.54, 1.807) is 0 Å². The van der Waals surface area contributed by atoms with Crippen LogP contribution in [0.3, 0.4) is 0 Å². The second-order valence-corrected chi connectivity index (χ2v) is 6.42. The molecule has 2 aliphatic rings. The van der Waals surface area contributed by atoms with Crippen LogP contribution in [0.4, 0.5) is 0 Å². The van der Waals surface area contributed by atoms with Crippen LogP contribution in [0, 0.1) is 5.92 Å². The molecule has 1 saturated carbocycles. The molecule has 0 aromatic heterocycles. The summed E-state index contributed by atoms with van der Waals surface area (Å²) in [5, 5.41) is 10.2. The van der Waals surface area contributed by atoms with Crippen LogP contribution in [0.1, 0.15) is 38.5 Å². The van der Waals surface area contributed by atoms with Gasteiger partial charge < -0.3 is 9.84 Å². The van der Waals surface area contributed by atoms with Crippen LogP contribution in [0.25, 0.3) is 0 Å². The normalized spacial score (nSPS) is 29.9. The Balaban J connectivity index is 1.44. The highest BCUT2D eigenvalue weighted by Crippen LogP contribution is 2.35. The molecule has 1 N–H and O–H groups in total. The lowest BCUT2D eigenvalue weighted by Gasteiger charge is -2.46. The third kappa shape index (κ3) is 3.78. The molecule has 3 atom stereocenters. The molecule has 1 aliphatic heterocycles. The number of piperidine rings is 1. The molecule has 3 nitrogen and oxygen atoms in total. The van der Waals surface area contributed by atoms with E-state index < -0.39 is 0 Å². The van der Waals surface area contributed by atoms with Gasteiger partial charge in [0.15, 0.2) is 0 Å². The largest absolute Gasteiger partial charge is 0.494 e. The van der Waals surface area contributed by atoms with Crippen LogP contribution in [0.15, 0.2) is 30.3 Å². The fraction of sp³-hybridized carbons (Fsp3) is 0.667. The van der Waals surface area contributed by atoms with Crippen molar-refractivity contribution < 1.29 is 9.84 Å². The molecule has 1 aromatic rings. The highest BCUT2D eigenvalue weighted by molar-refractivity contribution is 5.20. The van der Waals surface area contributed by atoms with Gasteiger partial charge >= 0.3 is 0 Å². The Morgan fingerprint density at radius 1 is 1.10 bits per heavy atom. The molecule has 0 radical (unpaired) electrons. The molecule has 1 aliphatic carbocycles. The number of nitrogens with zero attached hydrogens (tertiary/aromatic N) is 1. The fourth-order valence-corrected chi connectivity index (χ4v) is 3.97. The Kier molecular flexibility index (Phi) is 5.15. The van der Waals surface area contributed by atoms with Gasteiger partial charge in [0.05, 0.1) is 12.7 Å². The van der Waals surface area contributed by atoms with Crippen LogP contribution in [-0.2, 0) is 0 Å². The van der Waals surface area contributed by atoms with Crippen LogP contribution >= 0.6 is 0 Å². The van der Waals surface area contributed by atoms with Gasteiger partial charge in [0, 0.05) is 25.0 Å². The minimum Gasteiger partial charge on any atom is -0.494 e. The van der Waals surface area contributed by atoms with E-state index in [9.17, 15) is 5.11 Å². The van der Waals surface area contributed by atoms with Gasteiger partial charge in [-0.1, -0.05) is 31.0 Å². The Bertz CT molecular complexity index is 422. The monoisotopic (exact) mass is 289 g/mol. The highest BCUT2D eigenvalue weighted by atomic mass is 16.5. The smallest absolute Gasteiger partial charge is 0.119 e. The summed E-state index contributed by atoms with van der Waals surface area (Å²) in [7, 11) is 0. The molecule has 3 rings (SSSR count). The maximum atomic E-state index is 10.2. The van der Waals surface area contributed by atoms with E-state index in [4.69, 9.17) is 4.74 Å². The molecule has 1 unspecified atom stereocenters. The molecular formula is C18H27NO2. The standard InChI is InChI=1S/C18H27NO2/c20-18-11-13-19(17-10-5-4-9-16(17)18)12-6-14-21-15-7-2-1-3-8-15/h1-3,7-8,16-18,20H,4-6,9-14H2/t16-,17?,18+/m1/s1. The molecule has 116 valence electrons. The number of hydrogen-bond donors (Lipinski definition) is 1. The van der Waals surface area contributed by atoms with E-state index >= 15 is 0 Å². The second-order valence-electron chi connectivity index (χ2n) is 6.42. The van der Waals surface area contributed by atoms with Crippen molar-refractivity contribution in [2.45, 2.75) is 50.7 Å². The van der Waals surface area contributed by atoms with E-state index in [0.717, 1.165) is 38.3 Å². The van der Waals surface area contributed by atoms with E-state index in [2.05, 4.69) is 4.90 Å². The van der Waals surface area contributed by atoms with Crippen molar-refractivity contribution >= 4 is 0 Å². The minimum atomic E-state index is -0.0629. The molecule has 0 bridgehead atoms. The van der Waals surface area contributed by atoms with Gasteiger partial charge in [-0.25, -0.2) is 0 Å². The average Bonchev–Trinajstić information content (AvgIpc) is 2.55. The summed E-state index contributed by atoms with van der Waals surface area (Å²) in [6, 6.07) is 10.7. The first-order valence-corrected chi connectivity index (χ1v) is 8.44. The number of benzene rings is 1. The first-order chi connectivity index (χ1) is 10.3. The Hall–Kier alpha value is -1.06. The van der Waals surface area contributed by atoms with E-state index in [0.29, 0.717) is 12.0 Å². The Morgan fingerprint density at radius 3 is 2.76 bits per heavy atom. The lowest BCUT2D eigenvalue weighted by atomic mass is 9.76. The lowest BCUT2D eigenvalue weighted by Crippen LogP contribution is -2.52. The van der Waals surface area contributed by atoms with Crippen molar-refractivity contribution in [3.63, 3.8) is 0 Å². The van der Waals surface area contributed by atoms with Crippen molar-refractivity contribution in [3.8, 4) is 5.75 Å². The SMILES string of the molecule is O[C@H]1CCN(CCCOc2ccccc2)C2CCCC[C@H]21. The summed E-state index contributed by atoms with van der Waals surface area (Å²) in [4.78, 5) is 2.60. The van der Waals surface area contributed by atoms with Crippen molar-refractivity contribution in [1.82, 2.24) is 4.90 Å². The van der Waals surface area contributed by atoms with Gasteiger partial charge in [-0.05, 0) is 37.8 Å². The first-order valence-electron chi connectivity index (χ1n) is 8.44. The number of hydrogen-bond acceptors (Lipinski definition) is 3. The third-order valence-corrected chi connectivity index (χ3v) is 5.06. The molecule has 1 heterocycles. The zero-order chi connectivity index (χ0) is 14.5. The molecule has 2 fully saturated rings. The van der Waals surface area contributed by atoms with Crippen LogP contribution in [0.5, 0.6) is 5.75 Å². The summed E-state index contributed by atoms with van der Waals surface area (Å²) < 4.78 is 5.78. The molecule has 1 saturated heterocycles. The Morgan fingerprint density at radius 2 is 1.90 bits per heavy atom. The molecule has 21 heavy (non-hydrogen) atoms. The van der Waals surface area contributed by atoms with Gasteiger partial charge in [0.2, 0.25) is 0 Å². The van der Waals surface area contributed by atoms with Crippen molar-refractivity contribution in [2.24, 2.45) is 5.92 Å². The number of fused-ring (bicyclic) bond motifs is 1. The maximum absolute atomic E-state index is 10.2. The van der Waals surface area contributed by atoms with E-state index in [-0.39, 0.29) is 6.10 Å². The van der Waals surface area contributed by atoms with Gasteiger partial charge in [-0.2, -0.15) is 0 Å². The Labute approximate surface area is 127 Å². The zero-order valence-corrected chi connectivity index (χ0v) is 12.8. The van der Waals surface area contributed by atoms with Crippen molar-refractivity contribution in [1.29, 1.82) is 0 Å². The molecule has 0 spiro atoms. The predicted octanol–water partition coefficient (Wildman–Crippen LogP) is 3.08. The lowest BCUT2D eigenvalue weighted by molar-refractivity contribution is -0.0369. The van der Waals surface area contributed by atoms with E-state index in [1.807, 2.05) is 30.3 Å². The summed E-state index contributed by atoms with van der Waals surface area (Å²) in [5.41, 5.74) is 0.